The van der Waals surface area contributed by atoms with Crippen molar-refractivity contribution in [1.29, 1.82) is 0 Å². The van der Waals surface area contributed by atoms with Crippen molar-refractivity contribution >= 4 is 10.9 Å². The topological polar surface area (TPSA) is 84.7 Å². The van der Waals surface area contributed by atoms with Gasteiger partial charge in [0.2, 0.25) is 0 Å². The largest absolute Gasteiger partial charge is 0.434 e. The molecule has 3 rings (SSSR count). The summed E-state index contributed by atoms with van der Waals surface area (Å²) in [5, 5.41) is -0.339. The highest BCUT2D eigenvalue weighted by atomic mass is 19.4. The van der Waals surface area contributed by atoms with Crippen LogP contribution >= 0.6 is 0 Å². The van der Waals surface area contributed by atoms with Crippen molar-refractivity contribution in [3.8, 4) is 5.69 Å². The number of rotatable bonds is 2. The number of fused-ring (bicyclic) bond motifs is 1. The Bertz CT molecular complexity index is 1140. The average molecular weight is 393 g/mol. The van der Waals surface area contributed by atoms with Gasteiger partial charge in [0, 0.05) is 13.2 Å². The van der Waals surface area contributed by atoms with E-state index >= 15 is 0 Å². The molecule has 0 radical (unpaired) electrons. The van der Waals surface area contributed by atoms with Crippen LogP contribution in [0.1, 0.15) is 11.3 Å². The summed E-state index contributed by atoms with van der Waals surface area (Å²) in [6.07, 6.45) is -8.90. The fourth-order valence-corrected chi connectivity index (χ4v) is 2.50. The van der Waals surface area contributed by atoms with Gasteiger partial charge in [0.05, 0.1) is 28.5 Å². The first-order chi connectivity index (χ1) is 12.4. The quantitative estimate of drug-likeness (QED) is 0.653. The van der Waals surface area contributed by atoms with Crippen molar-refractivity contribution in [2.24, 2.45) is 0 Å². The molecule has 0 aliphatic rings. The third-order valence-electron chi connectivity index (χ3n) is 3.69. The molecule has 144 valence electrons. The summed E-state index contributed by atoms with van der Waals surface area (Å²) < 4.78 is 79.4. The number of alkyl halides is 6. The molecule has 0 amide bonds. The minimum absolute atomic E-state index is 0.339. The van der Waals surface area contributed by atoms with Gasteiger partial charge in [-0.25, -0.2) is 9.78 Å². The average Bonchev–Trinajstić information content (AvgIpc) is 3.03. The lowest BCUT2D eigenvalue weighted by atomic mass is 10.1. The predicted octanol–water partition coefficient (Wildman–Crippen LogP) is 2.09. The highest BCUT2D eigenvalue weighted by Crippen LogP contribution is 2.36. The maximum atomic E-state index is 13.4. The van der Waals surface area contributed by atoms with Crippen LogP contribution in [0.2, 0.25) is 0 Å². The van der Waals surface area contributed by atoms with Gasteiger partial charge in [-0.05, 0) is 12.1 Å². The van der Waals surface area contributed by atoms with Gasteiger partial charge in [-0.15, -0.1) is 0 Å². The minimum Gasteiger partial charge on any atom is -0.322 e. The van der Waals surface area contributed by atoms with Gasteiger partial charge in [0.1, 0.15) is 0 Å². The smallest absolute Gasteiger partial charge is 0.322 e. The van der Waals surface area contributed by atoms with Gasteiger partial charge in [-0.2, -0.15) is 31.0 Å². The van der Waals surface area contributed by atoms with E-state index in [1.54, 1.807) is 0 Å². The molecular formula is C14H9F6N5O2. The van der Waals surface area contributed by atoms with E-state index in [0.717, 1.165) is 6.07 Å². The normalized spacial score (nSPS) is 12.6. The van der Waals surface area contributed by atoms with Crippen LogP contribution in [0.3, 0.4) is 0 Å². The molecule has 13 heteroatoms. The highest BCUT2D eigenvalue weighted by Gasteiger charge is 2.37. The molecule has 0 atom stereocenters. The highest BCUT2D eigenvalue weighted by molar-refractivity contribution is 5.81. The van der Waals surface area contributed by atoms with E-state index < -0.39 is 46.1 Å². The Morgan fingerprint density at radius 3 is 2.26 bits per heavy atom. The summed E-state index contributed by atoms with van der Waals surface area (Å²) in [4.78, 5) is 29.2. The SMILES string of the molecule is CNn1c(=O)[nH]c2cc(C(F)(F)F)c(-n3cnc(C(F)(F)F)c3)cc2c1=O. The molecule has 0 saturated carbocycles. The van der Waals surface area contributed by atoms with Crippen molar-refractivity contribution < 1.29 is 26.3 Å². The summed E-state index contributed by atoms with van der Waals surface area (Å²) in [6, 6.07) is 1.23. The lowest BCUT2D eigenvalue weighted by molar-refractivity contribution is -0.140. The Morgan fingerprint density at radius 2 is 1.74 bits per heavy atom. The number of aromatic amines is 1. The fraction of sp³-hybridized carbons (Fsp3) is 0.214. The zero-order valence-electron chi connectivity index (χ0n) is 13.2. The molecule has 1 aromatic carbocycles. The molecule has 7 nitrogen and oxygen atoms in total. The minimum atomic E-state index is -4.97. The lowest BCUT2D eigenvalue weighted by Gasteiger charge is -2.15. The molecule has 0 aliphatic carbocycles. The zero-order valence-corrected chi connectivity index (χ0v) is 13.2. The second kappa shape index (κ2) is 5.89. The number of hydrogen-bond acceptors (Lipinski definition) is 4. The molecule has 0 spiro atoms. The molecule has 0 bridgehead atoms. The van der Waals surface area contributed by atoms with Crippen LogP contribution in [0.5, 0.6) is 0 Å². The summed E-state index contributed by atoms with van der Waals surface area (Å²) in [5.41, 5.74) is -3.62. The van der Waals surface area contributed by atoms with Crippen LogP contribution in [0.4, 0.5) is 26.3 Å². The Labute approximate surface area is 144 Å². The van der Waals surface area contributed by atoms with Crippen LogP contribution in [-0.2, 0) is 12.4 Å². The predicted molar refractivity (Wildman–Crippen MR) is 81.2 cm³/mol. The number of benzene rings is 1. The van der Waals surface area contributed by atoms with E-state index in [4.69, 9.17) is 0 Å². The van der Waals surface area contributed by atoms with Gasteiger partial charge in [-0.3, -0.25) is 4.79 Å². The van der Waals surface area contributed by atoms with E-state index in [-0.39, 0.29) is 5.39 Å². The van der Waals surface area contributed by atoms with Crippen molar-refractivity contribution in [3.63, 3.8) is 0 Å². The summed E-state index contributed by atoms with van der Waals surface area (Å²) in [6.45, 7) is 0. The standard InChI is InChI=1S/C14H9F6N5O2/c1-21-25-11(26)6-2-9(24-4-10(22-5-24)14(18,19)20)7(13(15,16)17)3-8(6)23-12(25)27/h2-5,21H,1H3,(H,23,27). The summed E-state index contributed by atoms with van der Waals surface area (Å²) >= 11 is 0. The first-order valence-corrected chi connectivity index (χ1v) is 7.13. The van der Waals surface area contributed by atoms with Gasteiger partial charge in [-0.1, -0.05) is 0 Å². The maximum absolute atomic E-state index is 13.4. The molecule has 2 heterocycles. The van der Waals surface area contributed by atoms with Crippen LogP contribution in [0.15, 0.2) is 34.2 Å². The van der Waals surface area contributed by atoms with Gasteiger partial charge >= 0.3 is 18.0 Å². The van der Waals surface area contributed by atoms with Crippen molar-refractivity contribution in [2.75, 3.05) is 12.5 Å². The second-order valence-corrected chi connectivity index (χ2v) is 5.37. The lowest BCUT2D eigenvalue weighted by Crippen LogP contribution is -2.39. The molecule has 3 aromatic rings. The van der Waals surface area contributed by atoms with Crippen LogP contribution in [0.25, 0.3) is 16.6 Å². The van der Waals surface area contributed by atoms with Gasteiger partial charge in [0.25, 0.3) is 5.56 Å². The maximum Gasteiger partial charge on any atom is 0.434 e. The number of nitrogens with one attached hydrogen (secondary N) is 2. The fourth-order valence-electron chi connectivity index (χ4n) is 2.50. The molecule has 0 fully saturated rings. The molecular weight excluding hydrogens is 384 g/mol. The molecule has 0 aliphatic heterocycles. The van der Waals surface area contributed by atoms with Crippen LogP contribution < -0.4 is 16.7 Å². The number of imidazole rings is 1. The van der Waals surface area contributed by atoms with Crippen molar-refractivity contribution in [1.82, 2.24) is 19.2 Å². The number of nitrogens with zero attached hydrogens (tertiary/aromatic N) is 3. The number of H-pyrrole nitrogens is 1. The van der Waals surface area contributed by atoms with E-state index in [9.17, 15) is 35.9 Å². The van der Waals surface area contributed by atoms with E-state index in [1.807, 2.05) is 0 Å². The van der Waals surface area contributed by atoms with Crippen LogP contribution in [-0.4, -0.2) is 26.3 Å². The number of hydrogen-bond donors (Lipinski definition) is 2. The molecule has 0 unspecified atom stereocenters. The van der Waals surface area contributed by atoms with Crippen molar-refractivity contribution in [3.05, 3.63) is 56.8 Å². The Hall–Kier alpha value is -3.25. The summed E-state index contributed by atoms with van der Waals surface area (Å²) in [7, 11) is 1.24. The first-order valence-electron chi connectivity index (χ1n) is 7.13. The Balaban J connectivity index is 2.38. The number of aromatic nitrogens is 4. The molecule has 2 N–H and O–H groups in total. The third kappa shape index (κ3) is 3.15. The zero-order chi connectivity index (χ0) is 20.1. The Morgan fingerprint density at radius 1 is 1.07 bits per heavy atom. The monoisotopic (exact) mass is 393 g/mol. The second-order valence-electron chi connectivity index (χ2n) is 5.37. The Kier molecular flexibility index (Phi) is 4.04. The molecule has 0 saturated heterocycles. The summed E-state index contributed by atoms with van der Waals surface area (Å²) in [5.74, 6) is 0. The molecule has 27 heavy (non-hydrogen) atoms. The van der Waals surface area contributed by atoms with Gasteiger partial charge < -0.3 is 15.0 Å². The number of halogens is 6. The van der Waals surface area contributed by atoms with E-state index in [1.165, 1.54) is 7.05 Å². The third-order valence-corrected chi connectivity index (χ3v) is 3.69. The van der Waals surface area contributed by atoms with E-state index in [2.05, 4.69) is 15.4 Å². The van der Waals surface area contributed by atoms with Crippen LogP contribution in [0, 0.1) is 0 Å². The van der Waals surface area contributed by atoms with Gasteiger partial charge in [0.15, 0.2) is 5.69 Å². The first kappa shape index (κ1) is 18.5. The van der Waals surface area contributed by atoms with Crippen molar-refractivity contribution in [2.45, 2.75) is 12.4 Å². The van der Waals surface area contributed by atoms with E-state index in [0.29, 0.717) is 27.8 Å². The molecule has 2 aromatic heterocycles.